The molecule has 0 aromatic heterocycles. The Morgan fingerprint density at radius 1 is 0.938 bits per heavy atom. The van der Waals surface area contributed by atoms with Crippen molar-refractivity contribution < 1.29 is 4.79 Å². The molecule has 0 aromatic carbocycles. The number of rotatable bonds is 11. The molecule has 0 aliphatic heterocycles. The lowest BCUT2D eigenvalue weighted by Gasteiger charge is -2.15. The predicted octanol–water partition coefficient (Wildman–Crippen LogP) is 4.03. The van der Waals surface area contributed by atoms with Crippen molar-refractivity contribution in [3.63, 3.8) is 0 Å². The molecule has 1 unspecified atom stereocenters. The van der Waals surface area contributed by atoms with E-state index < -0.39 is 0 Å². The summed E-state index contributed by atoms with van der Waals surface area (Å²) in [6, 6.07) is 0. The van der Waals surface area contributed by atoms with Gasteiger partial charge in [-0.3, -0.25) is 4.79 Å². The fourth-order valence-corrected chi connectivity index (χ4v) is 2.27. The van der Waals surface area contributed by atoms with Gasteiger partial charge in [0, 0.05) is 6.42 Å². The van der Waals surface area contributed by atoms with Crippen LogP contribution < -0.4 is 5.73 Å². The fraction of sp³-hybridized carbons (Fsp3) is 0.929. The average molecular weight is 227 g/mol. The highest BCUT2D eigenvalue weighted by molar-refractivity contribution is 5.73. The smallest absolute Gasteiger partial charge is 0.217 e. The highest BCUT2D eigenvalue weighted by atomic mass is 16.1. The van der Waals surface area contributed by atoms with Crippen LogP contribution in [0.5, 0.6) is 0 Å². The maximum absolute atomic E-state index is 10.7. The Hall–Kier alpha value is -0.530. The Kier molecular flexibility index (Phi) is 10.6. The summed E-state index contributed by atoms with van der Waals surface area (Å²) in [5, 5.41) is 0. The summed E-state index contributed by atoms with van der Waals surface area (Å²) in [6.45, 7) is 4.49. The van der Waals surface area contributed by atoms with Gasteiger partial charge in [0.25, 0.3) is 0 Å². The van der Waals surface area contributed by atoms with Crippen molar-refractivity contribution in [2.45, 2.75) is 78.1 Å². The molecule has 16 heavy (non-hydrogen) atoms. The predicted molar refractivity (Wildman–Crippen MR) is 70.2 cm³/mol. The van der Waals surface area contributed by atoms with Crippen LogP contribution in [0.4, 0.5) is 0 Å². The largest absolute Gasteiger partial charge is 0.370 e. The molecule has 0 aromatic rings. The molecule has 0 aliphatic rings. The lowest BCUT2D eigenvalue weighted by atomic mass is 9.91. The number of carbonyl (C=O) groups is 1. The SMILES string of the molecule is CCCCCCC(CCC)CCCC(N)=O. The fourth-order valence-electron chi connectivity index (χ4n) is 2.27. The minimum atomic E-state index is -0.152. The van der Waals surface area contributed by atoms with Gasteiger partial charge in [0.15, 0.2) is 0 Å². The molecule has 0 aliphatic carbocycles. The molecule has 0 saturated carbocycles. The van der Waals surface area contributed by atoms with Crippen LogP contribution in [0.1, 0.15) is 78.1 Å². The molecule has 1 atom stereocenters. The van der Waals surface area contributed by atoms with Crippen molar-refractivity contribution in [2.75, 3.05) is 0 Å². The van der Waals surface area contributed by atoms with Crippen LogP contribution in [-0.2, 0) is 4.79 Å². The molecule has 0 radical (unpaired) electrons. The van der Waals surface area contributed by atoms with Crippen LogP contribution in [-0.4, -0.2) is 5.91 Å². The molecule has 0 saturated heterocycles. The summed E-state index contributed by atoms with van der Waals surface area (Å²) < 4.78 is 0. The molecule has 0 spiro atoms. The second kappa shape index (κ2) is 11.0. The first-order valence-corrected chi connectivity index (χ1v) is 6.99. The van der Waals surface area contributed by atoms with Crippen LogP contribution in [0.15, 0.2) is 0 Å². The molecule has 0 fully saturated rings. The number of unbranched alkanes of at least 4 members (excludes halogenated alkanes) is 3. The van der Waals surface area contributed by atoms with Crippen molar-refractivity contribution in [1.29, 1.82) is 0 Å². The summed E-state index contributed by atoms with van der Waals surface area (Å²) in [5.74, 6) is 0.669. The van der Waals surface area contributed by atoms with E-state index in [1.807, 2.05) is 0 Å². The summed E-state index contributed by atoms with van der Waals surface area (Å²) in [6.07, 6.45) is 12.0. The maximum atomic E-state index is 10.7. The van der Waals surface area contributed by atoms with Gasteiger partial charge in [0.2, 0.25) is 5.91 Å². The zero-order valence-electron chi connectivity index (χ0n) is 11.1. The van der Waals surface area contributed by atoms with Crippen LogP contribution in [0.3, 0.4) is 0 Å². The minimum absolute atomic E-state index is 0.152. The summed E-state index contributed by atoms with van der Waals surface area (Å²) in [4.78, 5) is 10.7. The number of hydrogen-bond donors (Lipinski definition) is 1. The van der Waals surface area contributed by atoms with Gasteiger partial charge in [-0.2, -0.15) is 0 Å². The summed E-state index contributed by atoms with van der Waals surface area (Å²) >= 11 is 0. The van der Waals surface area contributed by atoms with E-state index in [1.165, 1.54) is 51.4 Å². The second-order valence-electron chi connectivity index (χ2n) is 4.86. The van der Waals surface area contributed by atoms with E-state index in [1.54, 1.807) is 0 Å². The van der Waals surface area contributed by atoms with E-state index in [4.69, 9.17) is 5.73 Å². The maximum Gasteiger partial charge on any atom is 0.217 e. The normalized spacial score (nSPS) is 12.6. The highest BCUT2D eigenvalue weighted by Crippen LogP contribution is 2.21. The Bertz CT molecular complexity index is 168. The number of carbonyl (C=O) groups excluding carboxylic acids is 1. The number of primary amides is 1. The van der Waals surface area contributed by atoms with Crippen LogP contribution in [0.2, 0.25) is 0 Å². The van der Waals surface area contributed by atoms with E-state index in [0.717, 1.165) is 12.3 Å². The second-order valence-corrected chi connectivity index (χ2v) is 4.86. The van der Waals surface area contributed by atoms with Gasteiger partial charge < -0.3 is 5.73 Å². The first-order chi connectivity index (χ1) is 7.70. The molecule has 2 nitrogen and oxygen atoms in total. The van der Waals surface area contributed by atoms with Crippen LogP contribution in [0, 0.1) is 5.92 Å². The van der Waals surface area contributed by atoms with Gasteiger partial charge in [-0.25, -0.2) is 0 Å². The molecule has 2 heteroatoms. The van der Waals surface area contributed by atoms with Crippen molar-refractivity contribution in [3.8, 4) is 0 Å². The van der Waals surface area contributed by atoms with Gasteiger partial charge in [0.1, 0.15) is 0 Å². The molecule has 2 N–H and O–H groups in total. The highest BCUT2D eigenvalue weighted by Gasteiger charge is 2.08. The van der Waals surface area contributed by atoms with Crippen molar-refractivity contribution in [2.24, 2.45) is 11.7 Å². The van der Waals surface area contributed by atoms with E-state index in [2.05, 4.69) is 13.8 Å². The quantitative estimate of drug-likeness (QED) is 0.532. The van der Waals surface area contributed by atoms with Gasteiger partial charge in [-0.15, -0.1) is 0 Å². The number of nitrogens with two attached hydrogens (primary N) is 1. The third-order valence-electron chi connectivity index (χ3n) is 3.20. The molecular weight excluding hydrogens is 198 g/mol. The Morgan fingerprint density at radius 2 is 1.62 bits per heavy atom. The van der Waals surface area contributed by atoms with Crippen LogP contribution in [0.25, 0.3) is 0 Å². The number of hydrogen-bond acceptors (Lipinski definition) is 1. The molecule has 0 heterocycles. The lowest BCUT2D eigenvalue weighted by molar-refractivity contribution is -0.118. The number of amides is 1. The Balaban J connectivity index is 3.57. The molecule has 0 bridgehead atoms. The molecule has 0 rings (SSSR count). The van der Waals surface area contributed by atoms with E-state index in [0.29, 0.717) is 6.42 Å². The first-order valence-electron chi connectivity index (χ1n) is 6.99. The van der Waals surface area contributed by atoms with Gasteiger partial charge in [-0.1, -0.05) is 58.8 Å². The molecule has 1 amide bonds. The monoisotopic (exact) mass is 227 g/mol. The van der Waals surface area contributed by atoms with Gasteiger partial charge in [0.05, 0.1) is 0 Å². The topological polar surface area (TPSA) is 43.1 Å². The summed E-state index contributed by atoms with van der Waals surface area (Å²) in [5.41, 5.74) is 5.15. The Labute approximate surface area is 101 Å². The van der Waals surface area contributed by atoms with Crippen molar-refractivity contribution >= 4 is 5.91 Å². The first kappa shape index (κ1) is 15.5. The van der Waals surface area contributed by atoms with Crippen LogP contribution >= 0.6 is 0 Å². The Morgan fingerprint density at radius 3 is 2.19 bits per heavy atom. The zero-order valence-corrected chi connectivity index (χ0v) is 11.1. The standard InChI is InChI=1S/C14H29NO/c1-3-5-6-7-10-13(9-4-2)11-8-12-14(15)16/h13H,3-12H2,1-2H3,(H2,15,16). The van der Waals surface area contributed by atoms with Gasteiger partial charge >= 0.3 is 0 Å². The van der Waals surface area contributed by atoms with E-state index in [9.17, 15) is 4.79 Å². The molecular formula is C14H29NO. The lowest BCUT2D eigenvalue weighted by Crippen LogP contribution is -2.11. The van der Waals surface area contributed by atoms with Crippen molar-refractivity contribution in [1.82, 2.24) is 0 Å². The van der Waals surface area contributed by atoms with E-state index in [-0.39, 0.29) is 5.91 Å². The van der Waals surface area contributed by atoms with E-state index >= 15 is 0 Å². The third-order valence-corrected chi connectivity index (χ3v) is 3.20. The minimum Gasteiger partial charge on any atom is -0.370 e. The molecule has 96 valence electrons. The third kappa shape index (κ3) is 10.0. The zero-order chi connectivity index (χ0) is 12.2. The summed E-state index contributed by atoms with van der Waals surface area (Å²) in [7, 11) is 0. The average Bonchev–Trinajstić information content (AvgIpc) is 2.23. The van der Waals surface area contributed by atoms with Gasteiger partial charge in [-0.05, 0) is 18.8 Å². The van der Waals surface area contributed by atoms with Crippen molar-refractivity contribution in [3.05, 3.63) is 0 Å².